The molecule has 6 heteroatoms. The van der Waals surface area contributed by atoms with Crippen LogP contribution in [-0.4, -0.2) is 31.1 Å². The smallest absolute Gasteiger partial charge is 0.251 e. The van der Waals surface area contributed by atoms with Crippen LogP contribution in [0.15, 0.2) is 12.1 Å². The Hall–Kier alpha value is -1.43. The van der Waals surface area contributed by atoms with Gasteiger partial charge < -0.3 is 9.64 Å². The zero-order valence-corrected chi connectivity index (χ0v) is 12.3. The van der Waals surface area contributed by atoms with Gasteiger partial charge in [0.2, 0.25) is 0 Å². The van der Waals surface area contributed by atoms with E-state index in [1.807, 2.05) is 24.0 Å². The number of thiazole rings is 1. The van der Waals surface area contributed by atoms with Crippen molar-refractivity contribution in [1.29, 1.82) is 0 Å². The Morgan fingerprint density at radius 2 is 2.00 bits per heavy atom. The number of rotatable bonds is 2. The third-order valence-electron chi connectivity index (χ3n) is 3.68. The summed E-state index contributed by atoms with van der Waals surface area (Å²) in [6.45, 7) is 2.73. The highest BCUT2D eigenvalue weighted by Gasteiger charge is 2.35. The predicted octanol–water partition coefficient (Wildman–Crippen LogP) is 3.85. The van der Waals surface area contributed by atoms with Crippen molar-refractivity contribution >= 4 is 26.7 Å². The van der Waals surface area contributed by atoms with E-state index in [1.165, 1.54) is 0 Å². The molecule has 2 aromatic rings. The minimum Gasteiger partial charge on any atom is -0.494 e. The average Bonchev–Trinajstić information content (AvgIpc) is 2.85. The monoisotopic (exact) mass is 298 g/mol. The third kappa shape index (κ3) is 2.32. The Balaban J connectivity index is 1.95. The lowest BCUT2D eigenvalue weighted by Crippen LogP contribution is -2.39. The maximum Gasteiger partial charge on any atom is 0.251 e. The van der Waals surface area contributed by atoms with Crippen molar-refractivity contribution in [3.8, 4) is 5.75 Å². The normalized spacial score (nSPS) is 18.5. The summed E-state index contributed by atoms with van der Waals surface area (Å²) in [5.41, 5.74) is 1.96. The zero-order chi connectivity index (χ0) is 14.3. The van der Waals surface area contributed by atoms with Crippen LogP contribution in [0.25, 0.3) is 10.2 Å². The molecule has 1 aromatic heterocycles. The molecule has 1 saturated heterocycles. The molecule has 3 rings (SSSR count). The summed E-state index contributed by atoms with van der Waals surface area (Å²) in [7, 11) is 1.62. The predicted molar refractivity (Wildman–Crippen MR) is 77.3 cm³/mol. The largest absolute Gasteiger partial charge is 0.494 e. The van der Waals surface area contributed by atoms with E-state index < -0.39 is 5.92 Å². The van der Waals surface area contributed by atoms with Gasteiger partial charge >= 0.3 is 0 Å². The summed E-state index contributed by atoms with van der Waals surface area (Å²) in [6.07, 6.45) is -0.196. The highest BCUT2D eigenvalue weighted by molar-refractivity contribution is 7.22. The molecule has 108 valence electrons. The van der Waals surface area contributed by atoms with E-state index in [0.717, 1.165) is 26.7 Å². The van der Waals surface area contributed by atoms with Crippen LogP contribution in [0.3, 0.4) is 0 Å². The lowest BCUT2D eigenvalue weighted by Gasteiger charge is -2.31. The SMILES string of the molecule is COc1ccc(C)c2sc(N3CCC(F)(F)CC3)nc12. The van der Waals surface area contributed by atoms with Crippen LogP contribution >= 0.6 is 11.3 Å². The molecule has 0 unspecified atom stereocenters. The van der Waals surface area contributed by atoms with Gasteiger partial charge in [-0.2, -0.15) is 0 Å². The van der Waals surface area contributed by atoms with Crippen LogP contribution in [0.4, 0.5) is 13.9 Å². The average molecular weight is 298 g/mol. The molecule has 3 nitrogen and oxygen atoms in total. The maximum absolute atomic E-state index is 13.2. The number of aryl methyl sites for hydroxylation is 1. The Bertz CT molecular complexity index is 631. The number of hydrogen-bond donors (Lipinski definition) is 0. The topological polar surface area (TPSA) is 25.4 Å². The molecule has 1 aliphatic rings. The molecule has 0 aliphatic carbocycles. The summed E-state index contributed by atoms with van der Waals surface area (Å²) < 4.78 is 32.8. The molecule has 0 atom stereocenters. The van der Waals surface area contributed by atoms with Crippen molar-refractivity contribution in [2.75, 3.05) is 25.1 Å². The highest BCUT2D eigenvalue weighted by Crippen LogP contribution is 2.38. The van der Waals surface area contributed by atoms with Gasteiger partial charge in [-0.3, -0.25) is 0 Å². The molecule has 0 bridgehead atoms. The number of ether oxygens (including phenoxy) is 1. The van der Waals surface area contributed by atoms with Gasteiger partial charge in [-0.15, -0.1) is 0 Å². The van der Waals surface area contributed by atoms with Gasteiger partial charge in [0.15, 0.2) is 5.13 Å². The van der Waals surface area contributed by atoms with Gasteiger partial charge in [-0.25, -0.2) is 13.8 Å². The fourth-order valence-corrected chi connectivity index (χ4v) is 3.53. The second-order valence-corrected chi connectivity index (χ2v) is 6.08. The molecular formula is C14H16F2N2OS. The first-order valence-corrected chi connectivity index (χ1v) is 7.39. The fourth-order valence-electron chi connectivity index (χ4n) is 2.42. The molecule has 1 aromatic carbocycles. The second-order valence-electron chi connectivity index (χ2n) is 5.10. The Kier molecular flexibility index (Phi) is 3.28. The summed E-state index contributed by atoms with van der Waals surface area (Å²) in [4.78, 5) is 6.54. The van der Waals surface area contributed by atoms with Gasteiger partial charge in [0.1, 0.15) is 11.3 Å². The molecule has 0 spiro atoms. The number of methoxy groups -OCH3 is 1. The summed E-state index contributed by atoms with van der Waals surface area (Å²) in [6, 6.07) is 3.89. The van der Waals surface area contributed by atoms with Crippen molar-refractivity contribution in [2.24, 2.45) is 0 Å². The Morgan fingerprint density at radius 3 is 2.65 bits per heavy atom. The summed E-state index contributed by atoms with van der Waals surface area (Å²) in [5, 5.41) is 0.808. The number of nitrogens with zero attached hydrogens (tertiary/aromatic N) is 2. The van der Waals surface area contributed by atoms with Crippen molar-refractivity contribution in [2.45, 2.75) is 25.7 Å². The van der Waals surface area contributed by atoms with Crippen molar-refractivity contribution < 1.29 is 13.5 Å². The first kappa shape index (κ1) is 13.5. The number of halogens is 2. The number of aromatic nitrogens is 1. The molecular weight excluding hydrogens is 282 g/mol. The zero-order valence-electron chi connectivity index (χ0n) is 11.4. The van der Waals surface area contributed by atoms with E-state index >= 15 is 0 Å². The lowest BCUT2D eigenvalue weighted by molar-refractivity contribution is -0.0220. The van der Waals surface area contributed by atoms with Crippen LogP contribution in [0.1, 0.15) is 18.4 Å². The number of fused-ring (bicyclic) bond motifs is 1. The third-order valence-corrected chi connectivity index (χ3v) is 4.93. The number of alkyl halides is 2. The van der Waals surface area contributed by atoms with Crippen LogP contribution in [0.5, 0.6) is 5.75 Å². The van der Waals surface area contributed by atoms with E-state index in [2.05, 4.69) is 4.98 Å². The highest BCUT2D eigenvalue weighted by atomic mass is 32.1. The minimum absolute atomic E-state index is 0.0982. The first-order chi connectivity index (χ1) is 9.50. The molecule has 2 heterocycles. The summed E-state index contributed by atoms with van der Waals surface area (Å²) in [5.74, 6) is -1.80. The molecule has 1 aliphatic heterocycles. The van der Waals surface area contributed by atoms with Gasteiger partial charge in [-0.05, 0) is 18.6 Å². The van der Waals surface area contributed by atoms with Crippen molar-refractivity contribution in [1.82, 2.24) is 4.98 Å². The number of piperidine rings is 1. The van der Waals surface area contributed by atoms with Gasteiger partial charge in [0, 0.05) is 25.9 Å². The fraction of sp³-hybridized carbons (Fsp3) is 0.500. The maximum atomic E-state index is 13.2. The number of anilines is 1. The molecule has 0 N–H and O–H groups in total. The molecule has 20 heavy (non-hydrogen) atoms. The Morgan fingerprint density at radius 1 is 1.30 bits per heavy atom. The Labute approximate surface area is 120 Å². The molecule has 0 amide bonds. The quantitative estimate of drug-likeness (QED) is 0.842. The molecule has 0 radical (unpaired) electrons. The van der Waals surface area contributed by atoms with Crippen molar-refractivity contribution in [3.05, 3.63) is 17.7 Å². The van der Waals surface area contributed by atoms with Gasteiger partial charge in [-0.1, -0.05) is 17.4 Å². The summed E-state index contributed by atoms with van der Waals surface area (Å²) >= 11 is 1.55. The second kappa shape index (κ2) is 4.84. The number of hydrogen-bond acceptors (Lipinski definition) is 4. The van der Waals surface area contributed by atoms with E-state index in [4.69, 9.17) is 4.74 Å². The van der Waals surface area contributed by atoms with Crippen molar-refractivity contribution in [3.63, 3.8) is 0 Å². The van der Waals surface area contributed by atoms with Crippen LogP contribution in [-0.2, 0) is 0 Å². The molecule has 1 fully saturated rings. The van der Waals surface area contributed by atoms with Gasteiger partial charge in [0.25, 0.3) is 5.92 Å². The van der Waals surface area contributed by atoms with Crippen LogP contribution in [0.2, 0.25) is 0 Å². The van der Waals surface area contributed by atoms with Gasteiger partial charge in [0.05, 0.1) is 11.8 Å². The van der Waals surface area contributed by atoms with E-state index in [0.29, 0.717) is 13.1 Å². The standard InChI is InChI=1S/C14H16F2N2OS/c1-9-3-4-10(19-2)11-12(9)20-13(17-11)18-7-5-14(15,16)6-8-18/h3-4H,5-8H2,1-2H3. The first-order valence-electron chi connectivity index (χ1n) is 6.57. The van der Waals surface area contributed by atoms with E-state index in [9.17, 15) is 8.78 Å². The molecule has 0 saturated carbocycles. The minimum atomic E-state index is -2.53. The van der Waals surface area contributed by atoms with E-state index in [-0.39, 0.29) is 12.8 Å². The lowest BCUT2D eigenvalue weighted by atomic mass is 10.1. The number of benzene rings is 1. The van der Waals surface area contributed by atoms with Crippen LogP contribution in [0, 0.1) is 6.92 Å². The van der Waals surface area contributed by atoms with E-state index in [1.54, 1.807) is 18.4 Å². The van der Waals surface area contributed by atoms with Crippen LogP contribution < -0.4 is 9.64 Å².